The summed E-state index contributed by atoms with van der Waals surface area (Å²) in [5.41, 5.74) is 0.663. The minimum absolute atomic E-state index is 0.0730. The molecule has 0 saturated heterocycles. The van der Waals surface area contributed by atoms with E-state index in [1.165, 1.54) is 12.1 Å². The molecular weight excluding hydrogens is 246 g/mol. The maximum Gasteiger partial charge on any atom is 0.149 e. The Bertz CT molecular complexity index is 439. The van der Waals surface area contributed by atoms with E-state index in [4.69, 9.17) is 0 Å². The standard InChI is InChI=1S/C15H22F2N2/c1-15(2,3)18-9-10-7-12(16)14(13(17)8-10)19(4)11-5-6-11/h7-8,11,18H,5-6,9H2,1-4H3. The van der Waals surface area contributed by atoms with Crippen LogP contribution in [0.2, 0.25) is 0 Å². The lowest BCUT2D eigenvalue weighted by atomic mass is 10.1. The molecule has 0 amide bonds. The fourth-order valence-corrected chi connectivity index (χ4v) is 2.07. The molecule has 0 radical (unpaired) electrons. The molecule has 2 nitrogen and oxygen atoms in total. The van der Waals surface area contributed by atoms with Gasteiger partial charge in [-0.15, -0.1) is 0 Å². The number of hydrogen-bond acceptors (Lipinski definition) is 2. The maximum atomic E-state index is 14.1. The molecule has 1 aromatic carbocycles. The number of rotatable bonds is 4. The molecule has 1 aliphatic carbocycles. The van der Waals surface area contributed by atoms with Crippen molar-refractivity contribution < 1.29 is 8.78 Å². The van der Waals surface area contributed by atoms with Crippen molar-refractivity contribution in [3.63, 3.8) is 0 Å². The second kappa shape index (κ2) is 5.08. The lowest BCUT2D eigenvalue weighted by molar-refractivity contribution is 0.422. The maximum absolute atomic E-state index is 14.1. The summed E-state index contributed by atoms with van der Waals surface area (Å²) in [5.74, 6) is -0.944. The predicted octanol–water partition coefficient (Wildman–Crippen LogP) is 3.45. The molecular formula is C15H22F2N2. The van der Waals surface area contributed by atoms with Crippen LogP contribution < -0.4 is 10.2 Å². The number of nitrogens with one attached hydrogen (secondary N) is 1. The molecule has 0 atom stereocenters. The Morgan fingerprint density at radius 2 is 1.74 bits per heavy atom. The predicted molar refractivity (Wildman–Crippen MR) is 74.4 cm³/mol. The second-order valence-corrected chi connectivity index (χ2v) is 6.35. The van der Waals surface area contributed by atoms with Gasteiger partial charge in [0.2, 0.25) is 0 Å². The highest BCUT2D eigenvalue weighted by Gasteiger charge is 2.30. The molecule has 2 rings (SSSR count). The zero-order valence-electron chi connectivity index (χ0n) is 12.1. The van der Waals surface area contributed by atoms with E-state index in [0.717, 1.165) is 12.8 Å². The van der Waals surface area contributed by atoms with Gasteiger partial charge in [0.1, 0.15) is 17.3 Å². The summed E-state index contributed by atoms with van der Waals surface area (Å²) in [6.07, 6.45) is 2.03. The highest BCUT2D eigenvalue weighted by Crippen LogP contribution is 2.33. The van der Waals surface area contributed by atoms with Gasteiger partial charge in [-0.05, 0) is 51.3 Å². The Labute approximate surface area is 113 Å². The molecule has 1 N–H and O–H groups in total. The van der Waals surface area contributed by atoms with E-state index in [1.54, 1.807) is 11.9 Å². The second-order valence-electron chi connectivity index (χ2n) is 6.35. The van der Waals surface area contributed by atoms with Crippen molar-refractivity contribution in [3.8, 4) is 0 Å². The van der Waals surface area contributed by atoms with E-state index >= 15 is 0 Å². The monoisotopic (exact) mass is 268 g/mol. The lowest BCUT2D eigenvalue weighted by Gasteiger charge is -2.23. The van der Waals surface area contributed by atoms with Crippen LogP contribution in [0.1, 0.15) is 39.2 Å². The van der Waals surface area contributed by atoms with Crippen LogP contribution in [0.5, 0.6) is 0 Å². The summed E-state index contributed by atoms with van der Waals surface area (Å²) in [7, 11) is 1.76. The Morgan fingerprint density at radius 1 is 1.21 bits per heavy atom. The van der Waals surface area contributed by atoms with Crippen LogP contribution in [-0.2, 0) is 6.54 Å². The van der Waals surface area contributed by atoms with Gasteiger partial charge in [-0.2, -0.15) is 0 Å². The van der Waals surface area contributed by atoms with Crippen molar-refractivity contribution in [2.24, 2.45) is 0 Å². The first-order valence-corrected chi connectivity index (χ1v) is 6.74. The quantitative estimate of drug-likeness (QED) is 0.899. The van der Waals surface area contributed by atoms with Gasteiger partial charge in [-0.25, -0.2) is 8.78 Å². The third-order valence-electron chi connectivity index (χ3n) is 3.35. The molecule has 1 aliphatic rings. The fourth-order valence-electron chi connectivity index (χ4n) is 2.07. The van der Waals surface area contributed by atoms with Crippen LogP contribution in [0.4, 0.5) is 14.5 Å². The molecule has 1 aromatic rings. The molecule has 0 aliphatic heterocycles. The molecule has 19 heavy (non-hydrogen) atoms. The molecule has 4 heteroatoms. The lowest BCUT2D eigenvalue weighted by Crippen LogP contribution is -2.35. The molecule has 1 saturated carbocycles. The molecule has 0 bridgehead atoms. The van der Waals surface area contributed by atoms with Gasteiger partial charge >= 0.3 is 0 Å². The summed E-state index contributed by atoms with van der Waals surface area (Å²) in [4.78, 5) is 1.71. The third-order valence-corrected chi connectivity index (χ3v) is 3.35. The zero-order chi connectivity index (χ0) is 14.2. The van der Waals surface area contributed by atoms with Crippen LogP contribution in [0.25, 0.3) is 0 Å². The SMILES string of the molecule is CN(c1c(F)cc(CNC(C)(C)C)cc1F)C1CC1. The largest absolute Gasteiger partial charge is 0.367 e. The first-order valence-electron chi connectivity index (χ1n) is 6.74. The van der Waals surface area contributed by atoms with E-state index < -0.39 is 11.6 Å². The van der Waals surface area contributed by atoms with Crippen molar-refractivity contribution in [1.29, 1.82) is 0 Å². The summed E-state index contributed by atoms with van der Waals surface area (Å²) in [6.45, 7) is 6.53. The Hall–Kier alpha value is -1.16. The van der Waals surface area contributed by atoms with E-state index in [2.05, 4.69) is 5.32 Å². The number of benzene rings is 1. The van der Waals surface area contributed by atoms with Gasteiger partial charge in [0.25, 0.3) is 0 Å². The van der Waals surface area contributed by atoms with E-state index in [9.17, 15) is 8.78 Å². The van der Waals surface area contributed by atoms with Crippen molar-refractivity contribution in [1.82, 2.24) is 5.32 Å². The van der Waals surface area contributed by atoms with Crippen LogP contribution in [-0.4, -0.2) is 18.6 Å². The highest BCUT2D eigenvalue weighted by molar-refractivity contribution is 5.51. The van der Waals surface area contributed by atoms with Crippen LogP contribution >= 0.6 is 0 Å². The Morgan fingerprint density at radius 3 is 2.16 bits per heavy atom. The van der Waals surface area contributed by atoms with Gasteiger partial charge in [-0.1, -0.05) is 0 Å². The zero-order valence-corrected chi connectivity index (χ0v) is 12.1. The Balaban J connectivity index is 2.16. The highest BCUT2D eigenvalue weighted by atomic mass is 19.1. The summed E-state index contributed by atoms with van der Waals surface area (Å²) >= 11 is 0. The molecule has 106 valence electrons. The number of hydrogen-bond donors (Lipinski definition) is 1. The summed E-state index contributed by atoms with van der Waals surface area (Å²) in [5, 5.41) is 3.23. The Kier molecular flexibility index (Phi) is 3.81. The average molecular weight is 268 g/mol. The van der Waals surface area contributed by atoms with Gasteiger partial charge < -0.3 is 10.2 Å². The van der Waals surface area contributed by atoms with Crippen LogP contribution in [0, 0.1) is 11.6 Å². The van der Waals surface area contributed by atoms with Crippen molar-refractivity contribution >= 4 is 5.69 Å². The first-order chi connectivity index (χ1) is 8.78. The van der Waals surface area contributed by atoms with Crippen molar-refractivity contribution in [3.05, 3.63) is 29.3 Å². The van der Waals surface area contributed by atoms with E-state index in [1.807, 2.05) is 20.8 Å². The van der Waals surface area contributed by atoms with Gasteiger partial charge in [0.15, 0.2) is 0 Å². The molecule has 0 spiro atoms. The number of anilines is 1. The van der Waals surface area contributed by atoms with Gasteiger partial charge in [-0.3, -0.25) is 0 Å². The summed E-state index contributed by atoms with van der Waals surface area (Å²) in [6, 6.07) is 3.15. The van der Waals surface area contributed by atoms with Gasteiger partial charge in [0.05, 0.1) is 0 Å². The molecule has 1 fully saturated rings. The minimum atomic E-state index is -0.472. The molecule has 0 aromatic heterocycles. The van der Waals surface area contributed by atoms with E-state index in [-0.39, 0.29) is 11.2 Å². The van der Waals surface area contributed by atoms with Crippen LogP contribution in [0.15, 0.2) is 12.1 Å². The third kappa shape index (κ3) is 3.66. The van der Waals surface area contributed by atoms with Crippen LogP contribution in [0.3, 0.4) is 0 Å². The molecule has 0 unspecified atom stereocenters. The smallest absolute Gasteiger partial charge is 0.149 e. The number of nitrogens with zero attached hydrogens (tertiary/aromatic N) is 1. The summed E-state index contributed by atoms with van der Waals surface area (Å²) < 4.78 is 28.1. The minimum Gasteiger partial charge on any atom is -0.367 e. The average Bonchev–Trinajstić information content (AvgIpc) is 3.07. The van der Waals surface area contributed by atoms with Gasteiger partial charge in [0, 0.05) is 25.2 Å². The van der Waals surface area contributed by atoms with Crippen molar-refractivity contribution in [2.45, 2.75) is 51.7 Å². The first kappa shape index (κ1) is 14.3. The van der Waals surface area contributed by atoms with Crippen molar-refractivity contribution in [2.75, 3.05) is 11.9 Å². The molecule has 0 heterocycles. The number of halogens is 2. The fraction of sp³-hybridized carbons (Fsp3) is 0.600. The topological polar surface area (TPSA) is 15.3 Å². The van der Waals surface area contributed by atoms with E-state index in [0.29, 0.717) is 18.2 Å². The normalized spacial score (nSPS) is 15.7.